The van der Waals surface area contributed by atoms with Gasteiger partial charge in [-0.05, 0) is 36.4 Å². The Morgan fingerprint density at radius 1 is 1.08 bits per heavy atom. The molecule has 0 fully saturated rings. The summed E-state index contributed by atoms with van der Waals surface area (Å²) < 4.78 is 6.89. The minimum Gasteiger partial charge on any atom is -0.497 e. The van der Waals surface area contributed by atoms with Crippen LogP contribution in [0.3, 0.4) is 0 Å². The van der Waals surface area contributed by atoms with Crippen molar-refractivity contribution < 1.29 is 14.3 Å². The second kappa shape index (κ2) is 6.58. The van der Waals surface area contributed by atoms with Gasteiger partial charge in [0, 0.05) is 23.5 Å². The van der Waals surface area contributed by atoms with E-state index in [0.29, 0.717) is 17.0 Å². The van der Waals surface area contributed by atoms with Crippen LogP contribution < -0.4 is 10.1 Å². The molecular formula is C19H18N2O3. The summed E-state index contributed by atoms with van der Waals surface area (Å²) in [5.41, 5.74) is 2.04. The van der Waals surface area contributed by atoms with Crippen LogP contribution in [0, 0.1) is 0 Å². The van der Waals surface area contributed by atoms with Crippen molar-refractivity contribution in [2.75, 3.05) is 13.7 Å². The third kappa shape index (κ3) is 3.01. The van der Waals surface area contributed by atoms with Crippen LogP contribution in [0.25, 0.3) is 10.9 Å². The van der Waals surface area contributed by atoms with Gasteiger partial charge in [-0.25, -0.2) is 0 Å². The van der Waals surface area contributed by atoms with E-state index in [2.05, 4.69) is 5.32 Å². The highest BCUT2D eigenvalue weighted by Crippen LogP contribution is 2.18. The van der Waals surface area contributed by atoms with E-state index in [-0.39, 0.29) is 18.2 Å². The number of ether oxygens (including phenoxy) is 1. The fraction of sp³-hybridized carbons (Fsp3) is 0.158. The smallest absolute Gasteiger partial charge is 0.268 e. The first-order valence-electron chi connectivity index (χ1n) is 7.60. The SMILES string of the molecule is COc1ccc(C(=O)CNC(=O)c2cc3ccccc3n2C)cc1. The van der Waals surface area contributed by atoms with Gasteiger partial charge in [-0.15, -0.1) is 0 Å². The van der Waals surface area contributed by atoms with E-state index >= 15 is 0 Å². The molecular weight excluding hydrogens is 304 g/mol. The van der Waals surface area contributed by atoms with Gasteiger partial charge < -0.3 is 14.6 Å². The summed E-state index contributed by atoms with van der Waals surface area (Å²) in [6.07, 6.45) is 0. The Balaban J connectivity index is 1.69. The lowest BCUT2D eigenvalue weighted by atomic mass is 10.1. The van der Waals surface area contributed by atoms with Gasteiger partial charge in [0.15, 0.2) is 5.78 Å². The molecule has 5 heteroatoms. The molecule has 2 aromatic carbocycles. The number of aromatic nitrogens is 1. The zero-order valence-corrected chi connectivity index (χ0v) is 13.6. The van der Waals surface area contributed by atoms with Gasteiger partial charge in [-0.2, -0.15) is 0 Å². The molecule has 1 heterocycles. The number of fused-ring (bicyclic) bond motifs is 1. The number of nitrogens with zero attached hydrogens (tertiary/aromatic N) is 1. The van der Waals surface area contributed by atoms with Gasteiger partial charge in [-0.1, -0.05) is 18.2 Å². The number of Topliss-reactive ketones (excluding diaryl/α,β-unsaturated/α-hetero) is 1. The van der Waals surface area contributed by atoms with E-state index in [9.17, 15) is 9.59 Å². The molecule has 0 aliphatic carbocycles. The van der Waals surface area contributed by atoms with Crippen LogP contribution in [0.4, 0.5) is 0 Å². The number of benzene rings is 2. The number of hydrogen-bond acceptors (Lipinski definition) is 3. The van der Waals surface area contributed by atoms with Crippen molar-refractivity contribution >= 4 is 22.6 Å². The summed E-state index contributed by atoms with van der Waals surface area (Å²) in [4.78, 5) is 24.5. The standard InChI is InChI=1S/C19H18N2O3/c1-21-16-6-4-3-5-14(16)11-17(21)19(23)20-12-18(22)13-7-9-15(24-2)10-8-13/h3-11H,12H2,1-2H3,(H,20,23). The number of nitrogens with one attached hydrogen (secondary N) is 1. The number of methoxy groups -OCH3 is 1. The minimum absolute atomic E-state index is 0.0489. The lowest BCUT2D eigenvalue weighted by molar-refractivity contribution is 0.0899. The number of rotatable bonds is 5. The quantitative estimate of drug-likeness (QED) is 0.735. The summed E-state index contributed by atoms with van der Waals surface area (Å²) >= 11 is 0. The van der Waals surface area contributed by atoms with Gasteiger partial charge in [0.25, 0.3) is 5.91 Å². The molecule has 0 spiro atoms. The highest BCUT2D eigenvalue weighted by molar-refractivity contribution is 6.03. The molecule has 0 radical (unpaired) electrons. The number of amides is 1. The molecule has 122 valence electrons. The fourth-order valence-electron chi connectivity index (χ4n) is 2.64. The Kier molecular flexibility index (Phi) is 4.33. The van der Waals surface area contributed by atoms with Crippen LogP contribution in [-0.2, 0) is 7.05 Å². The van der Waals surface area contributed by atoms with Crippen LogP contribution in [0.15, 0.2) is 54.6 Å². The van der Waals surface area contributed by atoms with Crippen molar-refractivity contribution in [3.8, 4) is 5.75 Å². The maximum absolute atomic E-state index is 12.4. The molecule has 1 aromatic heterocycles. The molecule has 0 atom stereocenters. The molecule has 0 aliphatic heterocycles. The van der Waals surface area contributed by atoms with Crippen molar-refractivity contribution in [1.29, 1.82) is 0 Å². The normalized spacial score (nSPS) is 10.6. The number of hydrogen-bond donors (Lipinski definition) is 1. The molecule has 0 saturated carbocycles. The van der Waals surface area contributed by atoms with E-state index in [4.69, 9.17) is 4.74 Å². The Labute approximate surface area is 139 Å². The zero-order chi connectivity index (χ0) is 17.1. The Hall–Kier alpha value is -3.08. The summed E-state index contributed by atoms with van der Waals surface area (Å²) in [5.74, 6) is 0.270. The van der Waals surface area contributed by atoms with E-state index in [0.717, 1.165) is 10.9 Å². The van der Waals surface area contributed by atoms with Crippen molar-refractivity contribution in [2.24, 2.45) is 7.05 Å². The first-order chi connectivity index (χ1) is 11.6. The molecule has 5 nitrogen and oxygen atoms in total. The summed E-state index contributed by atoms with van der Waals surface area (Å²) in [5, 5.41) is 3.68. The molecule has 0 saturated heterocycles. The third-order valence-electron chi connectivity index (χ3n) is 4.01. The highest BCUT2D eigenvalue weighted by atomic mass is 16.5. The zero-order valence-electron chi connectivity index (χ0n) is 13.6. The van der Waals surface area contributed by atoms with Crippen molar-refractivity contribution in [3.63, 3.8) is 0 Å². The maximum Gasteiger partial charge on any atom is 0.268 e. The lowest BCUT2D eigenvalue weighted by Crippen LogP contribution is -2.30. The van der Waals surface area contributed by atoms with E-state index < -0.39 is 0 Å². The maximum atomic E-state index is 12.4. The fourth-order valence-corrected chi connectivity index (χ4v) is 2.64. The lowest BCUT2D eigenvalue weighted by Gasteiger charge is -2.07. The van der Waals surface area contributed by atoms with Crippen molar-refractivity contribution in [3.05, 3.63) is 65.9 Å². The number of carbonyl (C=O) groups excluding carboxylic acids is 2. The van der Waals surface area contributed by atoms with Crippen molar-refractivity contribution in [2.45, 2.75) is 0 Å². The minimum atomic E-state index is -0.268. The average Bonchev–Trinajstić information content (AvgIpc) is 2.96. The number of aryl methyl sites for hydroxylation is 1. The summed E-state index contributed by atoms with van der Waals surface area (Å²) in [6, 6.07) is 16.4. The largest absolute Gasteiger partial charge is 0.497 e. The molecule has 0 bridgehead atoms. The molecule has 24 heavy (non-hydrogen) atoms. The number of carbonyl (C=O) groups is 2. The predicted molar refractivity (Wildman–Crippen MR) is 92.6 cm³/mol. The van der Waals surface area contributed by atoms with Gasteiger partial charge >= 0.3 is 0 Å². The van der Waals surface area contributed by atoms with E-state index in [1.165, 1.54) is 0 Å². The van der Waals surface area contributed by atoms with Crippen LogP contribution in [0.5, 0.6) is 5.75 Å². The predicted octanol–water partition coefficient (Wildman–Crippen LogP) is 2.80. The monoisotopic (exact) mass is 322 g/mol. The van der Waals surface area contributed by atoms with Gasteiger partial charge in [-0.3, -0.25) is 9.59 Å². The summed E-state index contributed by atoms with van der Waals surface area (Å²) in [6.45, 7) is -0.0489. The van der Waals surface area contributed by atoms with Crippen LogP contribution in [-0.4, -0.2) is 29.9 Å². The molecule has 0 aliphatic rings. The number of ketones is 1. The topological polar surface area (TPSA) is 60.3 Å². The average molecular weight is 322 g/mol. The van der Waals surface area contributed by atoms with Gasteiger partial charge in [0.1, 0.15) is 11.4 Å². The summed E-state index contributed by atoms with van der Waals surface area (Å²) in [7, 11) is 3.41. The van der Waals surface area contributed by atoms with Crippen LogP contribution in [0.2, 0.25) is 0 Å². The van der Waals surface area contributed by atoms with Gasteiger partial charge in [0.05, 0.1) is 13.7 Å². The second-order valence-corrected chi connectivity index (χ2v) is 5.48. The highest BCUT2D eigenvalue weighted by Gasteiger charge is 2.14. The Bertz CT molecular complexity index is 895. The number of para-hydroxylation sites is 1. The van der Waals surface area contributed by atoms with Crippen LogP contribution in [0.1, 0.15) is 20.8 Å². The van der Waals surface area contributed by atoms with Gasteiger partial charge in [0.2, 0.25) is 0 Å². The molecule has 1 N–H and O–H groups in total. The first kappa shape index (κ1) is 15.8. The van der Waals surface area contributed by atoms with Crippen molar-refractivity contribution in [1.82, 2.24) is 9.88 Å². The molecule has 3 rings (SSSR count). The van der Waals surface area contributed by atoms with Crippen LogP contribution >= 0.6 is 0 Å². The molecule has 0 unspecified atom stereocenters. The Morgan fingerprint density at radius 3 is 2.46 bits per heavy atom. The second-order valence-electron chi connectivity index (χ2n) is 5.48. The molecule has 1 amide bonds. The first-order valence-corrected chi connectivity index (χ1v) is 7.60. The van der Waals surface area contributed by atoms with E-state index in [1.54, 1.807) is 31.4 Å². The van der Waals surface area contributed by atoms with E-state index in [1.807, 2.05) is 41.9 Å². The third-order valence-corrected chi connectivity index (χ3v) is 4.01. The Morgan fingerprint density at radius 2 is 1.79 bits per heavy atom. The molecule has 3 aromatic rings.